The van der Waals surface area contributed by atoms with Gasteiger partial charge in [-0.25, -0.2) is 0 Å². The molecule has 0 N–H and O–H groups in total. The maximum absolute atomic E-state index is 2.26. The summed E-state index contributed by atoms with van der Waals surface area (Å²) in [6.07, 6.45) is 15.5. The van der Waals surface area contributed by atoms with Crippen molar-refractivity contribution in [2.45, 2.75) is 14.4 Å². The average Bonchev–Trinajstić information content (AvgIpc) is 3.00. The number of benzene rings is 5. The van der Waals surface area contributed by atoms with E-state index in [2.05, 4.69) is 177 Å². The molecule has 5 rings (SSSR count). The Kier molecular flexibility index (Phi) is 10.0. The molecular weight excluding hydrogens is 480 g/mol. The molecule has 0 amide bonds. The smallest absolute Gasteiger partial charge is 0.0181 e. The molecule has 0 saturated heterocycles. The molecule has 40 heavy (non-hydrogen) atoms. The van der Waals surface area contributed by atoms with Gasteiger partial charge < -0.3 is 0 Å². The fourth-order valence-corrected chi connectivity index (χ4v) is 4.55. The van der Waals surface area contributed by atoms with Crippen LogP contribution in [0.2, 0.25) is 0 Å². The van der Waals surface area contributed by atoms with Crippen molar-refractivity contribution in [2.75, 3.05) is 0 Å². The molecule has 0 aromatic heterocycles. The normalized spacial score (nSPS) is 11.8. The van der Waals surface area contributed by atoms with Gasteiger partial charge in [0.15, 0.2) is 0 Å². The highest BCUT2D eigenvalue weighted by atomic mass is 14.1. The van der Waals surface area contributed by atoms with Crippen molar-refractivity contribution in [1.82, 2.24) is 0 Å². The summed E-state index contributed by atoms with van der Waals surface area (Å²) < 4.78 is 0. The lowest BCUT2D eigenvalue weighted by molar-refractivity contribution is 1.56. The molecule has 0 unspecified atom stereocenters. The zero-order chi connectivity index (χ0) is 26.7. The third-order valence-corrected chi connectivity index (χ3v) is 6.73. The van der Waals surface area contributed by atoms with E-state index in [0.717, 1.165) is 0 Å². The van der Waals surface area contributed by atoms with E-state index in [-0.39, 0.29) is 7.43 Å². The lowest BCUT2D eigenvalue weighted by Gasteiger charge is -2.06. The van der Waals surface area contributed by atoms with Gasteiger partial charge in [0.1, 0.15) is 0 Å². The van der Waals surface area contributed by atoms with Gasteiger partial charge in [-0.3, -0.25) is 0 Å². The number of hydrogen-bond acceptors (Lipinski definition) is 0. The van der Waals surface area contributed by atoms with Gasteiger partial charge in [0.25, 0.3) is 0 Å². The van der Waals surface area contributed by atoms with Gasteiger partial charge in [-0.15, -0.1) is 0 Å². The van der Waals surface area contributed by atoms with E-state index >= 15 is 0 Å². The zero-order valence-corrected chi connectivity index (χ0v) is 22.2. The Hall–Kier alpha value is -4.94. The number of hydrogen-bond donors (Lipinski definition) is 0. The summed E-state index contributed by atoms with van der Waals surface area (Å²) in [7, 11) is 0. The fraction of sp³-hybridized carbons (Fsp3) is 0.0500. The van der Waals surface area contributed by atoms with E-state index in [4.69, 9.17) is 0 Å². The highest BCUT2D eigenvalue weighted by molar-refractivity contribution is 5.86. The molecule has 0 nitrogen and oxygen atoms in total. The molecule has 0 aliphatic rings. The summed E-state index contributed by atoms with van der Waals surface area (Å²) in [6, 6.07) is 46.5. The molecular formula is C40H36. The highest BCUT2D eigenvalue weighted by Gasteiger charge is 2.01. The van der Waals surface area contributed by atoms with Crippen molar-refractivity contribution >= 4 is 48.1 Å². The predicted molar refractivity (Wildman–Crippen MR) is 179 cm³/mol. The Morgan fingerprint density at radius 1 is 0.375 bits per heavy atom. The minimum Gasteiger partial charge on any atom is -0.0776 e. The first-order valence-electron chi connectivity index (χ1n) is 13.4. The van der Waals surface area contributed by atoms with E-state index in [1.165, 1.54) is 50.1 Å². The van der Waals surface area contributed by atoms with Crippen LogP contribution in [-0.4, -0.2) is 0 Å². The second-order valence-corrected chi connectivity index (χ2v) is 9.49. The van der Waals surface area contributed by atoms with Crippen LogP contribution in [0.15, 0.2) is 133 Å². The average molecular weight is 517 g/mol. The van der Waals surface area contributed by atoms with E-state index in [0.29, 0.717) is 0 Å². The molecule has 5 aromatic carbocycles. The Morgan fingerprint density at radius 2 is 0.700 bits per heavy atom. The minimum absolute atomic E-state index is 0. The summed E-state index contributed by atoms with van der Waals surface area (Å²) in [5.41, 5.74) is 10.8. The first kappa shape index (κ1) is 28.1. The maximum atomic E-state index is 2.26. The van der Waals surface area contributed by atoms with Crippen molar-refractivity contribution in [3.63, 3.8) is 0 Å². The van der Waals surface area contributed by atoms with Gasteiger partial charge in [0.05, 0.1) is 0 Å². The molecule has 0 saturated carbocycles. The summed E-state index contributed by atoms with van der Waals surface area (Å²) in [5.74, 6) is 0. The van der Waals surface area contributed by atoms with E-state index in [1.54, 1.807) is 0 Å². The lowest BCUT2D eigenvalue weighted by atomic mass is 9.99. The summed E-state index contributed by atoms with van der Waals surface area (Å²) in [4.78, 5) is 0. The summed E-state index contributed by atoms with van der Waals surface area (Å²) in [6.45, 7) is 2.17. The highest BCUT2D eigenvalue weighted by Crippen LogP contribution is 2.23. The van der Waals surface area contributed by atoms with Crippen molar-refractivity contribution < 1.29 is 0 Å². The second kappa shape index (κ2) is 14.3. The van der Waals surface area contributed by atoms with E-state index in [9.17, 15) is 0 Å². The van der Waals surface area contributed by atoms with Crippen LogP contribution in [0.4, 0.5) is 0 Å². The van der Waals surface area contributed by atoms with Crippen molar-refractivity contribution in [3.05, 3.63) is 178 Å². The number of rotatable bonds is 8. The first-order chi connectivity index (χ1) is 19.3. The molecule has 0 heterocycles. The minimum atomic E-state index is 0. The standard InChI is InChI=1S/C39H32.CH4/c1-31(33-16-6-3-7-17-33)30-39-23-13-12-22-38(39)29-28-37-21-11-10-20-36(37)27-26-35-19-9-8-18-34(35)25-24-32-14-4-2-5-15-32;/h2-30H,1H3;1H4/b25-24?,27-26?,29-28?,31-30-;. The van der Waals surface area contributed by atoms with Crippen LogP contribution in [0.25, 0.3) is 48.1 Å². The Bertz CT molecular complexity index is 1630. The molecule has 0 aliphatic heterocycles. The summed E-state index contributed by atoms with van der Waals surface area (Å²) >= 11 is 0. The first-order valence-corrected chi connectivity index (χ1v) is 13.4. The molecule has 5 aromatic rings. The largest absolute Gasteiger partial charge is 0.0776 e. The van der Waals surface area contributed by atoms with Crippen molar-refractivity contribution in [3.8, 4) is 0 Å². The zero-order valence-electron chi connectivity index (χ0n) is 22.2. The topological polar surface area (TPSA) is 0 Å². The number of allylic oxidation sites excluding steroid dienone is 1. The van der Waals surface area contributed by atoms with Gasteiger partial charge in [-0.05, 0) is 57.0 Å². The monoisotopic (exact) mass is 516 g/mol. The molecule has 0 spiro atoms. The van der Waals surface area contributed by atoms with Crippen LogP contribution in [0.3, 0.4) is 0 Å². The fourth-order valence-electron chi connectivity index (χ4n) is 4.55. The van der Waals surface area contributed by atoms with Crippen LogP contribution in [0.1, 0.15) is 58.9 Å². The Morgan fingerprint density at radius 3 is 1.15 bits per heavy atom. The van der Waals surface area contributed by atoms with Crippen LogP contribution in [-0.2, 0) is 0 Å². The Balaban J connectivity index is 0.00000370. The molecule has 0 heteroatoms. The molecule has 196 valence electrons. The van der Waals surface area contributed by atoms with Gasteiger partial charge in [0, 0.05) is 0 Å². The molecule has 0 fully saturated rings. The third-order valence-electron chi connectivity index (χ3n) is 6.73. The van der Waals surface area contributed by atoms with Gasteiger partial charge in [-0.2, -0.15) is 0 Å². The second-order valence-electron chi connectivity index (χ2n) is 9.49. The van der Waals surface area contributed by atoms with Crippen LogP contribution < -0.4 is 0 Å². The maximum Gasteiger partial charge on any atom is -0.0181 e. The van der Waals surface area contributed by atoms with E-state index < -0.39 is 0 Å². The predicted octanol–water partition coefficient (Wildman–Crippen LogP) is 11.4. The van der Waals surface area contributed by atoms with E-state index in [1.807, 2.05) is 6.07 Å². The van der Waals surface area contributed by atoms with Crippen LogP contribution in [0.5, 0.6) is 0 Å². The molecule has 0 bridgehead atoms. The molecule has 0 aliphatic carbocycles. The quantitative estimate of drug-likeness (QED) is 0.180. The molecule has 0 radical (unpaired) electrons. The van der Waals surface area contributed by atoms with Crippen molar-refractivity contribution in [2.24, 2.45) is 0 Å². The third kappa shape index (κ3) is 7.56. The molecule has 0 atom stereocenters. The summed E-state index contributed by atoms with van der Waals surface area (Å²) in [5, 5.41) is 0. The van der Waals surface area contributed by atoms with Gasteiger partial charge >= 0.3 is 0 Å². The van der Waals surface area contributed by atoms with Gasteiger partial charge in [0.2, 0.25) is 0 Å². The SMILES string of the molecule is C.C/C(=C/c1ccccc1C=Cc1ccccc1C=Cc1ccccc1C=Cc1ccccc1)c1ccccc1. The van der Waals surface area contributed by atoms with Gasteiger partial charge in [-0.1, -0.05) is 183 Å². The van der Waals surface area contributed by atoms with Crippen LogP contribution >= 0.6 is 0 Å². The lowest BCUT2D eigenvalue weighted by Crippen LogP contribution is -1.84. The van der Waals surface area contributed by atoms with Crippen LogP contribution in [0, 0.1) is 0 Å². The Labute approximate surface area is 240 Å². The van der Waals surface area contributed by atoms with Crippen molar-refractivity contribution in [1.29, 1.82) is 0 Å².